The van der Waals surface area contributed by atoms with E-state index in [0.29, 0.717) is 5.56 Å². The molecule has 0 aliphatic carbocycles. The summed E-state index contributed by atoms with van der Waals surface area (Å²) in [5.74, 6) is 0.784. The van der Waals surface area contributed by atoms with E-state index in [9.17, 15) is 5.26 Å². The van der Waals surface area contributed by atoms with Gasteiger partial charge in [0.05, 0.1) is 18.4 Å². The summed E-state index contributed by atoms with van der Waals surface area (Å²) in [6.07, 6.45) is 5.28. The van der Waals surface area contributed by atoms with E-state index in [1.165, 1.54) is 0 Å². The standard InChI is InChI=1S/C22H18N4O/c1-14-18-9-10-25-21(18)8-7-20(14)26-22-16(11-23)12-24-13-19(22)15-3-5-17(27-2)6-4-15/h3-10,12-13,25H,1-2H3,(H,24,26). The minimum atomic E-state index is 0.497. The molecule has 0 spiro atoms. The van der Waals surface area contributed by atoms with Crippen LogP contribution in [0.3, 0.4) is 0 Å². The highest BCUT2D eigenvalue weighted by Crippen LogP contribution is 2.35. The summed E-state index contributed by atoms with van der Waals surface area (Å²) >= 11 is 0. The van der Waals surface area contributed by atoms with Crippen molar-refractivity contribution in [1.82, 2.24) is 9.97 Å². The number of rotatable bonds is 4. The zero-order valence-electron chi connectivity index (χ0n) is 15.1. The normalized spacial score (nSPS) is 10.6. The summed E-state index contributed by atoms with van der Waals surface area (Å²) in [6.45, 7) is 2.07. The van der Waals surface area contributed by atoms with Crippen molar-refractivity contribution in [3.63, 3.8) is 0 Å². The van der Waals surface area contributed by atoms with E-state index in [2.05, 4.69) is 34.3 Å². The summed E-state index contributed by atoms with van der Waals surface area (Å²) in [5.41, 5.74) is 6.24. The molecule has 4 rings (SSSR count). The van der Waals surface area contributed by atoms with Crippen molar-refractivity contribution in [3.8, 4) is 22.9 Å². The van der Waals surface area contributed by atoms with Crippen molar-refractivity contribution in [2.24, 2.45) is 0 Å². The van der Waals surface area contributed by atoms with Crippen LogP contribution in [0.4, 0.5) is 11.4 Å². The molecule has 2 heterocycles. The van der Waals surface area contributed by atoms with Gasteiger partial charge in [0, 0.05) is 40.7 Å². The van der Waals surface area contributed by atoms with Gasteiger partial charge in [0.25, 0.3) is 0 Å². The topological polar surface area (TPSA) is 73.7 Å². The molecule has 27 heavy (non-hydrogen) atoms. The number of nitriles is 1. The van der Waals surface area contributed by atoms with Crippen LogP contribution < -0.4 is 10.1 Å². The molecule has 0 aliphatic rings. The van der Waals surface area contributed by atoms with Crippen LogP contribution in [0.25, 0.3) is 22.0 Å². The SMILES string of the molecule is COc1ccc(-c2cncc(C#N)c2Nc2ccc3[nH]ccc3c2C)cc1. The molecule has 0 bridgehead atoms. The molecule has 2 N–H and O–H groups in total. The molecule has 2 aromatic heterocycles. The first-order chi connectivity index (χ1) is 13.2. The molecule has 0 fully saturated rings. The number of hydrogen-bond acceptors (Lipinski definition) is 4. The number of anilines is 2. The van der Waals surface area contributed by atoms with Gasteiger partial charge in [-0.1, -0.05) is 12.1 Å². The predicted molar refractivity (Wildman–Crippen MR) is 107 cm³/mol. The fourth-order valence-corrected chi connectivity index (χ4v) is 3.22. The number of pyridine rings is 1. The van der Waals surface area contributed by atoms with Gasteiger partial charge in [-0.25, -0.2) is 0 Å². The molecule has 5 heteroatoms. The molecule has 4 aromatic rings. The second-order valence-electron chi connectivity index (χ2n) is 6.25. The van der Waals surface area contributed by atoms with Crippen LogP contribution in [-0.4, -0.2) is 17.1 Å². The number of fused-ring (bicyclic) bond motifs is 1. The average molecular weight is 354 g/mol. The summed E-state index contributed by atoms with van der Waals surface area (Å²) in [7, 11) is 1.64. The van der Waals surface area contributed by atoms with Gasteiger partial charge < -0.3 is 15.0 Å². The number of hydrogen-bond donors (Lipinski definition) is 2. The molecule has 0 atom stereocenters. The molecule has 0 saturated carbocycles. The second kappa shape index (κ2) is 6.85. The summed E-state index contributed by atoms with van der Waals surface area (Å²) in [6, 6.07) is 16.1. The smallest absolute Gasteiger partial charge is 0.118 e. The first kappa shape index (κ1) is 16.7. The molecular weight excluding hydrogens is 336 g/mol. The number of benzene rings is 2. The highest BCUT2D eigenvalue weighted by Gasteiger charge is 2.13. The first-order valence-corrected chi connectivity index (χ1v) is 8.57. The molecule has 0 aliphatic heterocycles. The van der Waals surface area contributed by atoms with Gasteiger partial charge in [-0.3, -0.25) is 4.98 Å². The molecule has 0 saturated heterocycles. The minimum Gasteiger partial charge on any atom is -0.497 e. The Morgan fingerprint density at radius 3 is 2.63 bits per heavy atom. The van der Waals surface area contributed by atoms with Crippen LogP contribution in [0.2, 0.25) is 0 Å². The molecule has 0 radical (unpaired) electrons. The van der Waals surface area contributed by atoms with E-state index < -0.39 is 0 Å². The van der Waals surface area contributed by atoms with E-state index in [-0.39, 0.29) is 0 Å². The van der Waals surface area contributed by atoms with Gasteiger partial charge in [-0.05, 0) is 48.4 Å². The van der Waals surface area contributed by atoms with Crippen molar-refractivity contribution >= 4 is 22.3 Å². The maximum Gasteiger partial charge on any atom is 0.118 e. The van der Waals surface area contributed by atoms with E-state index in [1.807, 2.05) is 42.6 Å². The van der Waals surface area contributed by atoms with Crippen LogP contribution in [0.5, 0.6) is 5.75 Å². The third-order valence-electron chi connectivity index (χ3n) is 4.73. The lowest BCUT2D eigenvalue weighted by atomic mass is 10.0. The van der Waals surface area contributed by atoms with Gasteiger partial charge in [0.15, 0.2) is 0 Å². The molecule has 132 valence electrons. The average Bonchev–Trinajstić information content (AvgIpc) is 3.20. The van der Waals surface area contributed by atoms with Gasteiger partial charge in [0.2, 0.25) is 0 Å². The van der Waals surface area contributed by atoms with E-state index in [4.69, 9.17) is 4.74 Å². The van der Waals surface area contributed by atoms with Gasteiger partial charge in [-0.15, -0.1) is 0 Å². The Morgan fingerprint density at radius 2 is 1.89 bits per heavy atom. The first-order valence-electron chi connectivity index (χ1n) is 8.57. The zero-order chi connectivity index (χ0) is 18.8. The number of aromatic nitrogens is 2. The van der Waals surface area contributed by atoms with Gasteiger partial charge >= 0.3 is 0 Å². The monoisotopic (exact) mass is 354 g/mol. The van der Waals surface area contributed by atoms with Crippen LogP contribution in [-0.2, 0) is 0 Å². The number of aromatic amines is 1. The molecular formula is C22H18N4O. The Hall–Kier alpha value is -3.78. The van der Waals surface area contributed by atoms with E-state index in [0.717, 1.165) is 44.7 Å². The Bertz CT molecular complexity index is 1150. The Balaban J connectivity index is 1.83. The summed E-state index contributed by atoms with van der Waals surface area (Å²) in [5, 5.41) is 14.2. The Labute approximate surface area is 157 Å². The quantitative estimate of drug-likeness (QED) is 0.531. The van der Waals surface area contributed by atoms with Crippen LogP contribution in [0.1, 0.15) is 11.1 Å². The lowest BCUT2D eigenvalue weighted by molar-refractivity contribution is 0.415. The van der Waals surface area contributed by atoms with Gasteiger partial charge in [-0.2, -0.15) is 5.26 Å². The number of nitrogens with one attached hydrogen (secondary N) is 2. The number of H-pyrrole nitrogens is 1. The number of ether oxygens (including phenoxy) is 1. The largest absolute Gasteiger partial charge is 0.497 e. The molecule has 0 amide bonds. The van der Waals surface area contributed by atoms with Crippen molar-refractivity contribution in [2.75, 3.05) is 12.4 Å². The lowest BCUT2D eigenvalue weighted by Gasteiger charge is -2.16. The molecule has 5 nitrogen and oxygen atoms in total. The third kappa shape index (κ3) is 2.98. The predicted octanol–water partition coefficient (Wildman–Crippen LogP) is 5.16. The van der Waals surface area contributed by atoms with Crippen molar-refractivity contribution < 1.29 is 4.74 Å². The van der Waals surface area contributed by atoms with E-state index >= 15 is 0 Å². The molecule has 0 unspecified atom stereocenters. The van der Waals surface area contributed by atoms with Crippen LogP contribution in [0, 0.1) is 18.3 Å². The highest BCUT2D eigenvalue weighted by atomic mass is 16.5. The van der Waals surface area contributed by atoms with Crippen LogP contribution >= 0.6 is 0 Å². The Kier molecular flexibility index (Phi) is 4.23. The van der Waals surface area contributed by atoms with Crippen LogP contribution in [0.15, 0.2) is 61.1 Å². The lowest BCUT2D eigenvalue weighted by Crippen LogP contribution is -2.00. The van der Waals surface area contributed by atoms with Crippen molar-refractivity contribution in [1.29, 1.82) is 5.26 Å². The number of methoxy groups -OCH3 is 1. The third-order valence-corrected chi connectivity index (χ3v) is 4.73. The van der Waals surface area contributed by atoms with Crippen molar-refractivity contribution in [2.45, 2.75) is 6.92 Å². The maximum atomic E-state index is 9.60. The molecule has 2 aromatic carbocycles. The van der Waals surface area contributed by atoms with Gasteiger partial charge in [0.1, 0.15) is 11.8 Å². The van der Waals surface area contributed by atoms with Crippen molar-refractivity contribution in [3.05, 3.63) is 72.2 Å². The maximum absolute atomic E-state index is 9.60. The number of aryl methyl sites for hydroxylation is 1. The zero-order valence-corrected chi connectivity index (χ0v) is 15.1. The minimum absolute atomic E-state index is 0.497. The fraction of sp³-hybridized carbons (Fsp3) is 0.0909. The number of nitrogens with zero attached hydrogens (tertiary/aromatic N) is 2. The fourth-order valence-electron chi connectivity index (χ4n) is 3.22. The summed E-state index contributed by atoms with van der Waals surface area (Å²) < 4.78 is 5.24. The summed E-state index contributed by atoms with van der Waals surface area (Å²) in [4.78, 5) is 7.46. The highest BCUT2D eigenvalue weighted by molar-refractivity contribution is 5.91. The van der Waals surface area contributed by atoms with E-state index in [1.54, 1.807) is 19.5 Å². The Morgan fingerprint density at radius 1 is 1.07 bits per heavy atom. The second-order valence-corrected chi connectivity index (χ2v) is 6.25.